The zero-order chi connectivity index (χ0) is 29.1. The monoisotopic (exact) mass is 583 g/mol. The fourth-order valence-corrected chi connectivity index (χ4v) is 7.35. The van der Waals surface area contributed by atoms with Gasteiger partial charge in [-0.15, -0.1) is 0 Å². The maximum atomic E-state index is 13.7. The van der Waals surface area contributed by atoms with Gasteiger partial charge in [-0.05, 0) is 56.3 Å². The average Bonchev–Trinajstić information content (AvgIpc) is 2.94. The Balaban J connectivity index is 1.74. The summed E-state index contributed by atoms with van der Waals surface area (Å²) in [4.78, 5) is 4.07. The minimum atomic E-state index is -4.04. The van der Waals surface area contributed by atoms with Gasteiger partial charge in [0.25, 0.3) is 0 Å². The summed E-state index contributed by atoms with van der Waals surface area (Å²) in [6.07, 6.45) is 2.56. The summed E-state index contributed by atoms with van der Waals surface area (Å²) < 4.78 is 62.8. The van der Waals surface area contributed by atoms with Crippen molar-refractivity contribution < 1.29 is 26.7 Å². The Hall–Kier alpha value is -3.27. The van der Waals surface area contributed by atoms with Gasteiger partial charge in [-0.2, -0.15) is 8.61 Å². The second-order valence-electron chi connectivity index (χ2n) is 9.99. The van der Waals surface area contributed by atoms with Crippen molar-refractivity contribution in [1.82, 2.24) is 13.6 Å². The third-order valence-corrected chi connectivity index (χ3v) is 10.7. The topological polar surface area (TPSA) is 117 Å². The number of likely N-dealkylation sites (N-methyl/N-ethyl adjacent to an activating group) is 1. The SMILES string of the molecule is Cc1ccc(S(=O)(=O)N(C)C[C@H]2Oc3cc(C#Cc4ccncc4)ccc3S(=O)(=O)N([C@@H](C)CO)C[C@@H]2C)cc1. The van der Waals surface area contributed by atoms with Gasteiger partial charge in [-0.1, -0.05) is 36.5 Å². The molecule has 3 atom stereocenters. The molecule has 1 N–H and O–H groups in total. The first-order valence-corrected chi connectivity index (χ1v) is 15.7. The van der Waals surface area contributed by atoms with E-state index in [9.17, 15) is 21.9 Å². The number of nitrogens with zero attached hydrogens (tertiary/aromatic N) is 3. The number of sulfonamides is 2. The summed E-state index contributed by atoms with van der Waals surface area (Å²) in [7, 11) is -6.39. The fourth-order valence-electron chi connectivity index (χ4n) is 4.34. The van der Waals surface area contributed by atoms with Gasteiger partial charge in [0.1, 0.15) is 16.7 Å². The number of hydrogen-bond acceptors (Lipinski definition) is 7. The molecule has 1 aromatic heterocycles. The smallest absolute Gasteiger partial charge is 0.247 e. The molecule has 1 aliphatic rings. The number of ether oxygens (including phenoxy) is 1. The van der Waals surface area contributed by atoms with Crippen LogP contribution in [0, 0.1) is 24.7 Å². The first kappa shape index (κ1) is 29.7. The molecule has 0 unspecified atom stereocenters. The predicted octanol–water partition coefficient (Wildman–Crippen LogP) is 2.88. The van der Waals surface area contributed by atoms with Gasteiger partial charge < -0.3 is 9.84 Å². The minimum absolute atomic E-state index is 0.0227. The number of rotatable bonds is 6. The second-order valence-corrected chi connectivity index (χ2v) is 13.9. The van der Waals surface area contributed by atoms with Crippen LogP contribution in [-0.4, -0.2) is 74.4 Å². The molecule has 2 heterocycles. The van der Waals surface area contributed by atoms with Crippen molar-refractivity contribution in [3.8, 4) is 17.6 Å². The molecule has 11 heteroatoms. The predicted molar refractivity (Wildman–Crippen MR) is 152 cm³/mol. The van der Waals surface area contributed by atoms with Crippen LogP contribution in [0.4, 0.5) is 0 Å². The van der Waals surface area contributed by atoms with Crippen LogP contribution >= 0.6 is 0 Å². The first-order valence-electron chi connectivity index (χ1n) is 12.8. The number of aryl methyl sites for hydroxylation is 1. The van der Waals surface area contributed by atoms with Gasteiger partial charge in [0.15, 0.2) is 0 Å². The summed E-state index contributed by atoms with van der Waals surface area (Å²) >= 11 is 0. The Morgan fingerprint density at radius 1 is 1.10 bits per heavy atom. The number of aliphatic hydroxyl groups is 1. The highest BCUT2D eigenvalue weighted by molar-refractivity contribution is 7.89. The summed E-state index contributed by atoms with van der Waals surface area (Å²) in [5.41, 5.74) is 2.21. The van der Waals surface area contributed by atoms with E-state index >= 15 is 0 Å². The Morgan fingerprint density at radius 2 is 1.75 bits per heavy atom. The van der Waals surface area contributed by atoms with Crippen LogP contribution in [0.1, 0.15) is 30.5 Å². The zero-order valence-corrected chi connectivity index (χ0v) is 24.5. The standard InChI is InChI=1S/C29H33N3O6S2/c1-21-5-10-26(11-6-21)39(34,35)31(4)19-28-22(2)18-32(23(3)20-33)40(36,37)29-12-9-25(17-27(29)38-28)8-7-24-13-15-30-16-14-24/h5-6,9-17,22-23,28,33H,18-20H2,1-4H3/t22-,23-,28+/m0/s1. The van der Waals surface area contributed by atoms with Crippen molar-refractivity contribution in [2.75, 3.05) is 26.7 Å². The largest absolute Gasteiger partial charge is 0.487 e. The van der Waals surface area contributed by atoms with Gasteiger partial charge in [0, 0.05) is 49.1 Å². The fraction of sp³-hybridized carbons (Fsp3) is 0.345. The molecule has 0 aliphatic carbocycles. The summed E-state index contributed by atoms with van der Waals surface area (Å²) in [6.45, 7) is 4.96. The molecule has 1 aliphatic heterocycles. The molecule has 9 nitrogen and oxygen atoms in total. The molecule has 0 spiro atoms. The van der Waals surface area contributed by atoms with Crippen molar-refractivity contribution in [1.29, 1.82) is 0 Å². The van der Waals surface area contributed by atoms with E-state index in [1.165, 1.54) is 21.7 Å². The number of aliphatic hydroxyl groups excluding tert-OH is 1. The number of pyridine rings is 1. The maximum Gasteiger partial charge on any atom is 0.247 e. The van der Waals surface area contributed by atoms with E-state index in [1.54, 1.807) is 67.8 Å². The van der Waals surface area contributed by atoms with Gasteiger partial charge in [0.2, 0.25) is 20.0 Å². The van der Waals surface area contributed by atoms with E-state index in [-0.39, 0.29) is 35.2 Å². The van der Waals surface area contributed by atoms with E-state index in [0.29, 0.717) is 5.56 Å². The number of hydrogen-bond donors (Lipinski definition) is 1. The molecule has 0 fully saturated rings. The molecule has 4 rings (SSSR count). The molecule has 0 amide bonds. The first-order chi connectivity index (χ1) is 18.9. The number of benzene rings is 2. The molecular formula is C29H33N3O6S2. The Kier molecular flexibility index (Phi) is 8.97. The van der Waals surface area contributed by atoms with Gasteiger partial charge in [-0.25, -0.2) is 16.8 Å². The molecule has 40 heavy (non-hydrogen) atoms. The van der Waals surface area contributed by atoms with Crippen molar-refractivity contribution in [2.24, 2.45) is 5.92 Å². The molecule has 3 aromatic rings. The van der Waals surface area contributed by atoms with Crippen molar-refractivity contribution >= 4 is 20.0 Å². The number of aromatic nitrogens is 1. The lowest BCUT2D eigenvalue weighted by Crippen LogP contribution is -2.50. The van der Waals surface area contributed by atoms with Crippen LogP contribution in [0.15, 0.2) is 76.8 Å². The van der Waals surface area contributed by atoms with Gasteiger partial charge >= 0.3 is 0 Å². The minimum Gasteiger partial charge on any atom is -0.487 e. The molecule has 0 saturated heterocycles. The lowest BCUT2D eigenvalue weighted by molar-refractivity contribution is 0.0904. The number of fused-ring (bicyclic) bond motifs is 1. The molecule has 0 bridgehead atoms. The summed E-state index contributed by atoms with van der Waals surface area (Å²) in [6, 6.07) is 14.0. The van der Waals surface area contributed by atoms with Crippen molar-refractivity contribution in [3.05, 3.63) is 83.7 Å². The summed E-state index contributed by atoms with van der Waals surface area (Å²) in [5, 5.41) is 9.85. The highest BCUT2D eigenvalue weighted by atomic mass is 32.2. The Morgan fingerprint density at radius 3 is 2.40 bits per heavy atom. The lowest BCUT2D eigenvalue weighted by atomic mass is 10.0. The third-order valence-electron chi connectivity index (χ3n) is 6.86. The highest BCUT2D eigenvalue weighted by Crippen LogP contribution is 2.34. The van der Waals surface area contributed by atoms with Gasteiger partial charge in [0.05, 0.1) is 18.0 Å². The van der Waals surface area contributed by atoms with E-state index in [4.69, 9.17) is 4.74 Å². The normalized spacial score (nSPS) is 19.9. The van der Waals surface area contributed by atoms with E-state index in [1.807, 2.05) is 13.8 Å². The van der Waals surface area contributed by atoms with Gasteiger partial charge in [-0.3, -0.25) is 4.98 Å². The Labute approximate surface area is 236 Å². The quantitative estimate of drug-likeness (QED) is 0.444. The highest BCUT2D eigenvalue weighted by Gasteiger charge is 2.39. The molecule has 0 radical (unpaired) electrons. The van der Waals surface area contributed by atoms with Crippen LogP contribution in [0.5, 0.6) is 5.75 Å². The van der Waals surface area contributed by atoms with Crippen LogP contribution in [0.2, 0.25) is 0 Å². The maximum absolute atomic E-state index is 13.7. The molecule has 0 saturated carbocycles. The van der Waals surface area contributed by atoms with E-state index in [0.717, 1.165) is 11.1 Å². The third kappa shape index (κ3) is 6.37. The Bertz CT molecular complexity index is 1620. The second kappa shape index (κ2) is 12.1. The summed E-state index contributed by atoms with van der Waals surface area (Å²) in [5.74, 6) is 5.71. The van der Waals surface area contributed by atoms with Crippen molar-refractivity contribution in [3.63, 3.8) is 0 Å². The zero-order valence-electron chi connectivity index (χ0n) is 22.9. The molecule has 2 aromatic carbocycles. The van der Waals surface area contributed by atoms with Crippen LogP contribution in [-0.2, 0) is 20.0 Å². The lowest BCUT2D eigenvalue weighted by Gasteiger charge is -2.37. The van der Waals surface area contributed by atoms with Crippen LogP contribution in [0.25, 0.3) is 0 Å². The van der Waals surface area contributed by atoms with Crippen LogP contribution < -0.4 is 4.74 Å². The van der Waals surface area contributed by atoms with E-state index < -0.39 is 38.1 Å². The van der Waals surface area contributed by atoms with E-state index in [2.05, 4.69) is 16.8 Å². The van der Waals surface area contributed by atoms with Crippen molar-refractivity contribution in [2.45, 2.75) is 42.7 Å². The van der Waals surface area contributed by atoms with Crippen LogP contribution in [0.3, 0.4) is 0 Å². The average molecular weight is 584 g/mol. The molecule has 212 valence electrons. The molecular weight excluding hydrogens is 550 g/mol.